The lowest BCUT2D eigenvalue weighted by Gasteiger charge is -2.24. The molecule has 0 radical (unpaired) electrons. The van der Waals surface area contributed by atoms with Crippen molar-refractivity contribution in [3.05, 3.63) is 47.8 Å². The zero-order valence-electron chi connectivity index (χ0n) is 19.1. The van der Waals surface area contributed by atoms with Gasteiger partial charge in [0.05, 0.1) is 11.8 Å². The monoisotopic (exact) mass is 475 g/mol. The van der Waals surface area contributed by atoms with E-state index in [9.17, 15) is 9.18 Å². The minimum absolute atomic E-state index is 0.0439. The molecule has 0 atom stereocenters. The molecular formula is C24H30FN3O2S2. The van der Waals surface area contributed by atoms with E-state index in [0.29, 0.717) is 23.8 Å². The lowest BCUT2D eigenvalue weighted by molar-refractivity contribution is -0.118. The highest BCUT2D eigenvalue weighted by Gasteiger charge is 2.22. The molecule has 0 N–H and O–H groups in total. The number of amides is 1. The number of rotatable bonds is 11. The molecule has 3 aromatic rings. The first kappa shape index (κ1) is 24.5. The van der Waals surface area contributed by atoms with Crippen molar-refractivity contribution < 1.29 is 13.9 Å². The molecule has 0 saturated heterocycles. The van der Waals surface area contributed by atoms with Gasteiger partial charge in [-0.2, -0.15) is 0 Å². The first-order chi connectivity index (χ1) is 15.5. The van der Waals surface area contributed by atoms with Gasteiger partial charge in [-0.3, -0.25) is 9.69 Å². The van der Waals surface area contributed by atoms with Crippen molar-refractivity contribution in [1.29, 1.82) is 0 Å². The highest BCUT2D eigenvalue weighted by molar-refractivity contribution is 7.99. The van der Waals surface area contributed by atoms with E-state index in [1.54, 1.807) is 31.0 Å². The van der Waals surface area contributed by atoms with Gasteiger partial charge in [-0.1, -0.05) is 31.3 Å². The Bertz CT molecular complexity index is 1040. The molecule has 172 valence electrons. The molecular weight excluding hydrogens is 445 g/mol. The van der Waals surface area contributed by atoms with Crippen LogP contribution in [-0.2, 0) is 4.79 Å². The first-order valence-electron chi connectivity index (χ1n) is 10.8. The van der Waals surface area contributed by atoms with Crippen LogP contribution in [0.15, 0.2) is 41.3 Å². The van der Waals surface area contributed by atoms with Gasteiger partial charge in [-0.15, -0.1) is 11.8 Å². The molecule has 1 aromatic heterocycles. The van der Waals surface area contributed by atoms with Gasteiger partial charge >= 0.3 is 0 Å². The quantitative estimate of drug-likeness (QED) is 0.337. The zero-order chi connectivity index (χ0) is 23.1. The molecule has 1 heterocycles. The second kappa shape index (κ2) is 11.6. The van der Waals surface area contributed by atoms with Crippen LogP contribution in [0.2, 0.25) is 0 Å². The molecule has 32 heavy (non-hydrogen) atoms. The standard InChI is InChI=1S/C24H30FN3O2S2/c1-5-27(6-2)14-15-28(21(29)13-16-31-19-10-8-18(25)9-11-19)24-26-22-20(30-4)12-7-17(3)23(22)32-24/h7-12H,5-6,13-16H2,1-4H3. The van der Waals surface area contributed by atoms with Gasteiger partial charge in [-0.05, 0) is 55.9 Å². The summed E-state index contributed by atoms with van der Waals surface area (Å²) in [6.07, 6.45) is 0.381. The van der Waals surface area contributed by atoms with Crippen LogP contribution in [0.3, 0.4) is 0 Å². The molecule has 0 unspecified atom stereocenters. The van der Waals surface area contributed by atoms with Gasteiger partial charge in [0.1, 0.15) is 17.1 Å². The number of carbonyl (C=O) groups excluding carboxylic acids is 1. The molecule has 0 saturated carbocycles. The fourth-order valence-electron chi connectivity index (χ4n) is 3.41. The topological polar surface area (TPSA) is 45.7 Å². The second-order valence-corrected chi connectivity index (χ2v) is 9.53. The summed E-state index contributed by atoms with van der Waals surface area (Å²) in [6.45, 7) is 9.54. The van der Waals surface area contributed by atoms with Crippen molar-refractivity contribution in [3.63, 3.8) is 0 Å². The summed E-state index contributed by atoms with van der Waals surface area (Å²) in [6, 6.07) is 10.3. The molecule has 3 rings (SSSR count). The Hall–Kier alpha value is -2.16. The third kappa shape index (κ3) is 5.99. The number of hydrogen-bond donors (Lipinski definition) is 0. The number of hydrogen-bond acceptors (Lipinski definition) is 6. The first-order valence-corrected chi connectivity index (χ1v) is 12.6. The Balaban J connectivity index is 1.79. The number of fused-ring (bicyclic) bond motifs is 1. The molecule has 5 nitrogen and oxygen atoms in total. The number of thiazole rings is 1. The van der Waals surface area contributed by atoms with Crippen LogP contribution in [-0.4, -0.2) is 54.8 Å². The second-order valence-electron chi connectivity index (χ2n) is 7.38. The van der Waals surface area contributed by atoms with E-state index < -0.39 is 0 Å². The maximum absolute atomic E-state index is 13.3. The van der Waals surface area contributed by atoms with Crippen LogP contribution in [0.5, 0.6) is 5.75 Å². The van der Waals surface area contributed by atoms with Crippen molar-refractivity contribution in [1.82, 2.24) is 9.88 Å². The number of thioether (sulfide) groups is 1. The van der Waals surface area contributed by atoms with E-state index in [2.05, 4.69) is 18.7 Å². The van der Waals surface area contributed by atoms with Gasteiger partial charge in [0.15, 0.2) is 5.13 Å². The lowest BCUT2D eigenvalue weighted by Crippen LogP contribution is -2.39. The summed E-state index contributed by atoms with van der Waals surface area (Å²) >= 11 is 3.09. The van der Waals surface area contributed by atoms with Gasteiger partial charge in [0.2, 0.25) is 5.91 Å². The minimum atomic E-state index is -0.255. The van der Waals surface area contributed by atoms with E-state index in [4.69, 9.17) is 9.72 Å². The molecule has 0 aliphatic rings. The molecule has 0 aliphatic heterocycles. The van der Waals surface area contributed by atoms with Crippen LogP contribution < -0.4 is 9.64 Å². The third-order valence-corrected chi connectivity index (χ3v) is 7.60. The number of methoxy groups -OCH3 is 1. The number of aryl methyl sites for hydroxylation is 1. The van der Waals surface area contributed by atoms with Gasteiger partial charge in [0, 0.05) is 30.2 Å². The summed E-state index contributed by atoms with van der Waals surface area (Å²) in [5.41, 5.74) is 1.92. The molecule has 0 fully saturated rings. The van der Waals surface area contributed by atoms with Crippen LogP contribution >= 0.6 is 23.1 Å². The van der Waals surface area contributed by atoms with Crippen molar-refractivity contribution in [2.75, 3.05) is 43.9 Å². The number of carbonyl (C=O) groups is 1. The molecule has 0 spiro atoms. The Morgan fingerprint density at radius 2 is 1.84 bits per heavy atom. The largest absolute Gasteiger partial charge is 0.494 e. The Morgan fingerprint density at radius 3 is 2.50 bits per heavy atom. The van der Waals surface area contributed by atoms with Crippen LogP contribution in [0.25, 0.3) is 10.2 Å². The normalized spacial score (nSPS) is 11.3. The average Bonchev–Trinajstić information content (AvgIpc) is 3.24. The number of nitrogens with zero attached hydrogens (tertiary/aromatic N) is 3. The van der Waals surface area contributed by atoms with Crippen LogP contribution in [0, 0.1) is 12.7 Å². The van der Waals surface area contributed by atoms with Crippen LogP contribution in [0.1, 0.15) is 25.8 Å². The fraction of sp³-hybridized carbons (Fsp3) is 0.417. The maximum atomic E-state index is 13.3. The van der Waals surface area contributed by atoms with E-state index >= 15 is 0 Å². The summed E-state index contributed by atoms with van der Waals surface area (Å²) in [4.78, 5) is 23.1. The molecule has 1 amide bonds. The van der Waals surface area contributed by atoms with E-state index in [-0.39, 0.29) is 11.7 Å². The highest BCUT2D eigenvalue weighted by atomic mass is 32.2. The zero-order valence-corrected chi connectivity index (χ0v) is 20.7. The number of ether oxygens (including phenoxy) is 1. The highest BCUT2D eigenvalue weighted by Crippen LogP contribution is 2.36. The number of halogens is 1. The Kier molecular flexibility index (Phi) is 8.90. The number of benzene rings is 2. The van der Waals surface area contributed by atoms with Crippen LogP contribution in [0.4, 0.5) is 9.52 Å². The molecule has 8 heteroatoms. The molecule has 0 aliphatic carbocycles. The summed E-state index contributed by atoms with van der Waals surface area (Å²) in [5, 5.41) is 0.705. The number of anilines is 1. The Labute approximate surface area is 197 Å². The van der Waals surface area contributed by atoms with Gasteiger partial charge in [0.25, 0.3) is 0 Å². The maximum Gasteiger partial charge on any atom is 0.229 e. The van der Waals surface area contributed by atoms with Gasteiger partial charge in [-0.25, -0.2) is 9.37 Å². The summed E-state index contributed by atoms with van der Waals surface area (Å²) < 4.78 is 19.7. The number of likely N-dealkylation sites (N-methyl/N-ethyl adjacent to an activating group) is 1. The van der Waals surface area contributed by atoms with Crippen molar-refractivity contribution in [2.24, 2.45) is 0 Å². The predicted molar refractivity (Wildman–Crippen MR) is 133 cm³/mol. The SMILES string of the molecule is CCN(CC)CCN(C(=O)CCSc1ccc(F)cc1)c1nc2c(OC)ccc(C)c2s1. The fourth-order valence-corrected chi connectivity index (χ4v) is 5.34. The third-order valence-electron chi connectivity index (χ3n) is 5.38. The minimum Gasteiger partial charge on any atom is -0.494 e. The van der Waals surface area contributed by atoms with E-state index in [1.165, 1.54) is 23.5 Å². The van der Waals surface area contributed by atoms with Crippen molar-refractivity contribution >= 4 is 44.4 Å². The molecule has 2 aromatic carbocycles. The summed E-state index contributed by atoms with van der Waals surface area (Å²) in [5.74, 6) is 1.13. The van der Waals surface area contributed by atoms with Gasteiger partial charge < -0.3 is 9.64 Å². The van der Waals surface area contributed by atoms with Crippen molar-refractivity contribution in [3.8, 4) is 5.75 Å². The van der Waals surface area contributed by atoms with E-state index in [1.807, 2.05) is 24.0 Å². The average molecular weight is 476 g/mol. The Morgan fingerprint density at radius 1 is 1.12 bits per heavy atom. The summed E-state index contributed by atoms with van der Waals surface area (Å²) in [7, 11) is 1.64. The number of aromatic nitrogens is 1. The molecule has 0 bridgehead atoms. The lowest BCUT2D eigenvalue weighted by atomic mass is 10.2. The predicted octanol–water partition coefficient (Wildman–Crippen LogP) is 5.61. The van der Waals surface area contributed by atoms with E-state index in [0.717, 1.165) is 46.1 Å². The van der Waals surface area contributed by atoms with Crippen molar-refractivity contribution in [2.45, 2.75) is 32.1 Å². The smallest absolute Gasteiger partial charge is 0.229 e.